The first kappa shape index (κ1) is 38.2. The van der Waals surface area contributed by atoms with E-state index in [9.17, 15) is 14.4 Å². The Morgan fingerprint density at radius 2 is 1.57 bits per heavy atom. The van der Waals surface area contributed by atoms with Gasteiger partial charge in [-0.25, -0.2) is 0 Å². The molecule has 3 aromatic heterocycles. The van der Waals surface area contributed by atoms with Gasteiger partial charge in [-0.15, -0.1) is 33.5 Å². The number of Topliss-reactive ketones (excluding diaryl/α,β-unsaturated/α-hetero) is 1. The van der Waals surface area contributed by atoms with Gasteiger partial charge < -0.3 is 29.7 Å². The molecule has 10 heteroatoms. The predicted octanol–water partition coefficient (Wildman–Crippen LogP) is 5.26. The number of allylic oxidation sites excluding steroid dienone is 3. The number of esters is 2. The van der Waals surface area contributed by atoms with Crippen LogP contribution in [0.4, 0.5) is 0 Å². The second kappa shape index (κ2) is 15.3. The van der Waals surface area contributed by atoms with E-state index in [0.717, 1.165) is 74.9 Å². The molecule has 3 aromatic rings. The number of carbonyl (C=O) groups is 3. The Balaban J connectivity index is 0.00000504. The van der Waals surface area contributed by atoms with Crippen LogP contribution in [-0.2, 0) is 31.9 Å². The minimum absolute atomic E-state index is 0. The quantitative estimate of drug-likeness (QED) is 0.128. The fourth-order valence-corrected chi connectivity index (χ4v) is 7.64. The molecule has 3 atom stereocenters. The molecule has 6 rings (SSSR count). The van der Waals surface area contributed by atoms with Gasteiger partial charge in [0.15, 0.2) is 5.78 Å². The third-order valence-corrected chi connectivity index (χ3v) is 10.9. The molecule has 3 aliphatic rings. The Hall–Kier alpha value is -4.02. The van der Waals surface area contributed by atoms with E-state index in [1.54, 1.807) is 0 Å². The third kappa shape index (κ3) is 6.73. The van der Waals surface area contributed by atoms with Crippen LogP contribution in [0.1, 0.15) is 115 Å². The molecule has 0 saturated carbocycles. The van der Waals surface area contributed by atoms with E-state index in [4.69, 9.17) is 29.7 Å². The number of ether oxygens (including phenoxy) is 2. The summed E-state index contributed by atoms with van der Waals surface area (Å²) in [5.41, 5.74) is 11.3. The standard InChI is InChI=1S/C41H47N4O5.Mg/c1-10-20(4)15-16-50-34(46)14-13-27-23(7)30-17-28-21(5)25(11-2)32(42-28)18-29-22(6)26(12-3)33(43-29)19-31-24(8)35-39(45-31)36(38(27)44-30)37(40(35)47)41(48)49-9;/h15,17-19,23,27,37H,10-14,16H2,1-9H3,(H-,44,45,47);/q-3;+2/p-1/b20-15-,29-18-,30-17-,33-19-;/t23-,27-,37+;/m0./s1. The van der Waals surface area contributed by atoms with Crippen LogP contribution < -0.4 is 25.7 Å². The zero-order valence-corrected chi connectivity index (χ0v) is 32.7. The second-order valence-electron chi connectivity index (χ2n) is 13.6. The van der Waals surface area contributed by atoms with Gasteiger partial charge in [0.1, 0.15) is 12.5 Å². The van der Waals surface area contributed by atoms with Crippen molar-refractivity contribution in [2.24, 2.45) is 17.8 Å². The van der Waals surface area contributed by atoms with Crippen LogP contribution in [0.2, 0.25) is 0 Å². The normalized spacial score (nSPS) is 23.0. The maximum atomic E-state index is 14.2. The molecule has 51 heavy (non-hydrogen) atoms. The summed E-state index contributed by atoms with van der Waals surface area (Å²) in [4.78, 5) is 55.8. The van der Waals surface area contributed by atoms with Crippen LogP contribution in [0.5, 0.6) is 0 Å². The molecule has 1 saturated heterocycles. The van der Waals surface area contributed by atoms with Crippen molar-refractivity contribution in [1.29, 1.82) is 0 Å². The van der Waals surface area contributed by atoms with E-state index >= 15 is 0 Å². The molecule has 0 amide bonds. The smallest absolute Gasteiger partial charge is 0.664 e. The molecular weight excluding hydrogens is 653 g/mol. The molecule has 1 fully saturated rings. The number of methoxy groups -OCH3 is 1. The molecular formula is C41H46MgN4O5-2. The van der Waals surface area contributed by atoms with Crippen molar-refractivity contribution in [3.63, 3.8) is 0 Å². The molecule has 0 aromatic carbocycles. The van der Waals surface area contributed by atoms with E-state index in [2.05, 4.69) is 47.6 Å². The number of rotatable bonds is 9. The van der Waals surface area contributed by atoms with Crippen molar-refractivity contribution in [2.45, 2.75) is 87.5 Å². The van der Waals surface area contributed by atoms with Crippen molar-refractivity contribution < 1.29 is 23.9 Å². The van der Waals surface area contributed by atoms with E-state index in [0.29, 0.717) is 40.2 Å². The molecule has 9 nitrogen and oxygen atoms in total. The van der Waals surface area contributed by atoms with Crippen molar-refractivity contribution in [3.8, 4) is 0 Å². The van der Waals surface area contributed by atoms with Crippen LogP contribution in [0.3, 0.4) is 0 Å². The molecule has 264 valence electrons. The van der Waals surface area contributed by atoms with Crippen LogP contribution >= 0.6 is 0 Å². The zero-order valence-electron chi connectivity index (χ0n) is 31.3. The van der Waals surface area contributed by atoms with Crippen molar-refractivity contribution in [1.82, 2.24) is 15.0 Å². The fourth-order valence-electron chi connectivity index (χ4n) is 7.64. The molecule has 8 bridgehead atoms. The molecule has 0 unspecified atom stereocenters. The first-order valence-electron chi connectivity index (χ1n) is 17.7. The Bertz CT molecular complexity index is 2120. The second-order valence-corrected chi connectivity index (χ2v) is 13.6. The molecule has 5 heterocycles. The first-order valence-corrected chi connectivity index (χ1v) is 17.7. The van der Waals surface area contributed by atoms with Crippen LogP contribution in [0.15, 0.2) is 23.0 Å². The summed E-state index contributed by atoms with van der Waals surface area (Å²) in [6, 6.07) is 0. The summed E-state index contributed by atoms with van der Waals surface area (Å²) < 4.78 is 10.8. The van der Waals surface area contributed by atoms with E-state index in [1.807, 2.05) is 32.1 Å². The van der Waals surface area contributed by atoms with Gasteiger partial charge in [0.25, 0.3) is 0 Å². The van der Waals surface area contributed by atoms with Gasteiger partial charge in [0.2, 0.25) is 0 Å². The number of nitrogens with zero attached hydrogens (tertiary/aromatic N) is 4. The number of carbonyl (C=O) groups excluding carboxylic acids is 3. The largest absolute Gasteiger partial charge is 2.00 e. The van der Waals surface area contributed by atoms with Gasteiger partial charge >= 0.3 is 35.0 Å². The average Bonchev–Trinajstić information content (AvgIpc) is 3.84. The molecule has 1 aliphatic carbocycles. The van der Waals surface area contributed by atoms with Gasteiger partial charge in [-0.05, 0) is 71.3 Å². The van der Waals surface area contributed by atoms with Crippen molar-refractivity contribution in [3.05, 3.63) is 95.2 Å². The summed E-state index contributed by atoms with van der Waals surface area (Å²) in [5, 5.41) is 6.86. The maximum Gasteiger partial charge on any atom is 2.00 e. The Kier molecular flexibility index (Phi) is 11.5. The number of hydrogen-bond donors (Lipinski definition) is 0. The number of hydrogen-bond acceptors (Lipinski definition) is 5. The van der Waals surface area contributed by atoms with Gasteiger partial charge in [-0.3, -0.25) is 14.4 Å². The summed E-state index contributed by atoms with van der Waals surface area (Å²) in [6.45, 7) is 16.6. The number of fused-ring (bicyclic) bond motifs is 7. The van der Waals surface area contributed by atoms with Gasteiger partial charge in [0, 0.05) is 12.0 Å². The summed E-state index contributed by atoms with van der Waals surface area (Å²) >= 11 is 0. The Labute approximate surface area is 316 Å². The molecule has 0 spiro atoms. The zero-order chi connectivity index (χ0) is 36.0. The maximum absolute atomic E-state index is 14.2. The van der Waals surface area contributed by atoms with Crippen LogP contribution in [0.25, 0.3) is 29.1 Å². The molecule has 0 radical (unpaired) electrons. The van der Waals surface area contributed by atoms with E-state index in [-0.39, 0.29) is 59.7 Å². The Morgan fingerprint density at radius 1 is 0.882 bits per heavy atom. The predicted molar refractivity (Wildman–Crippen MR) is 199 cm³/mol. The SMILES string of the molecule is CC/C(C)=C\COC(=O)CC[C@@H]1/C2=C3/c4[n-]c(c(C)c4C(=O)[C@@H]3C(=O)OC)/C=c3\[n-]/c(c(C)c3CC)=C\c3[n-]c(c(C)c3CC)/C=C(\[N-]2)[C@H]1C.[Mg+2]. The minimum atomic E-state index is -1.20. The van der Waals surface area contributed by atoms with Crippen LogP contribution in [-0.4, -0.2) is 54.5 Å². The third-order valence-electron chi connectivity index (χ3n) is 10.9. The minimum Gasteiger partial charge on any atom is -0.664 e. The summed E-state index contributed by atoms with van der Waals surface area (Å²) in [7, 11) is 1.29. The number of aromatic nitrogens is 3. The molecule has 2 aliphatic heterocycles. The van der Waals surface area contributed by atoms with E-state index < -0.39 is 11.9 Å². The summed E-state index contributed by atoms with van der Waals surface area (Å²) in [6.07, 6.45) is 11.0. The van der Waals surface area contributed by atoms with E-state index in [1.165, 1.54) is 7.11 Å². The number of ketones is 1. The van der Waals surface area contributed by atoms with Crippen molar-refractivity contribution in [2.75, 3.05) is 13.7 Å². The molecule has 0 N–H and O–H groups in total. The van der Waals surface area contributed by atoms with Gasteiger partial charge in [0.05, 0.1) is 7.11 Å². The Morgan fingerprint density at radius 3 is 2.24 bits per heavy atom. The van der Waals surface area contributed by atoms with Crippen LogP contribution in [0, 0.1) is 38.5 Å². The van der Waals surface area contributed by atoms with Gasteiger partial charge in [-0.2, -0.15) is 11.4 Å². The first-order chi connectivity index (χ1) is 23.9. The summed E-state index contributed by atoms with van der Waals surface area (Å²) in [5.74, 6) is -2.95. The topological polar surface area (TPSA) is 126 Å². The monoisotopic (exact) mass is 698 g/mol. The fraction of sp³-hybridized carbons (Fsp3) is 0.439. The van der Waals surface area contributed by atoms with Gasteiger partial charge in [-0.1, -0.05) is 84.9 Å². The average molecular weight is 699 g/mol. The van der Waals surface area contributed by atoms with Crippen molar-refractivity contribution >= 4 is 64.6 Å².